The van der Waals surface area contributed by atoms with Crippen molar-refractivity contribution in [1.29, 1.82) is 0 Å². The van der Waals surface area contributed by atoms with Crippen LogP contribution in [-0.4, -0.2) is 47.9 Å². The number of fused-ring (bicyclic) bond motifs is 1. The van der Waals surface area contributed by atoms with Gasteiger partial charge in [0, 0.05) is 54.0 Å². The van der Waals surface area contributed by atoms with Crippen LogP contribution in [0.15, 0.2) is 42.5 Å². The van der Waals surface area contributed by atoms with Crippen LogP contribution in [0.4, 0.5) is 10.1 Å². The number of carbonyl (C=O) groups is 1. The number of halogens is 1. The van der Waals surface area contributed by atoms with E-state index in [-0.39, 0.29) is 17.6 Å². The summed E-state index contributed by atoms with van der Waals surface area (Å²) in [4.78, 5) is 21.1. The molecule has 0 radical (unpaired) electrons. The minimum atomic E-state index is -0.217. The number of nitrogens with one attached hydrogen (secondary N) is 1. The number of anilines is 1. The molecule has 3 aromatic rings. The van der Waals surface area contributed by atoms with Crippen LogP contribution in [0.3, 0.4) is 0 Å². The summed E-state index contributed by atoms with van der Waals surface area (Å²) < 4.78 is 13.1. The highest BCUT2D eigenvalue weighted by atomic mass is 19.1. The number of aryl methyl sites for hydroxylation is 2. The molecule has 0 bridgehead atoms. The van der Waals surface area contributed by atoms with Crippen molar-refractivity contribution in [2.75, 3.05) is 31.1 Å². The third kappa shape index (κ3) is 3.42. The fraction of sp³-hybridized carbons (Fsp3) is 0.348. The molecule has 0 saturated carbocycles. The van der Waals surface area contributed by atoms with Crippen molar-refractivity contribution in [3.8, 4) is 0 Å². The lowest BCUT2D eigenvalue weighted by atomic mass is 9.99. The number of hydrogen-bond acceptors (Lipinski definition) is 3. The first-order valence-corrected chi connectivity index (χ1v) is 9.82. The Morgan fingerprint density at radius 3 is 2.39 bits per heavy atom. The van der Waals surface area contributed by atoms with Crippen molar-refractivity contribution in [2.24, 2.45) is 0 Å². The molecule has 1 N–H and O–H groups in total. The van der Waals surface area contributed by atoms with Crippen LogP contribution in [0.1, 0.15) is 28.5 Å². The summed E-state index contributed by atoms with van der Waals surface area (Å²) >= 11 is 0. The number of nitrogens with zero attached hydrogens (tertiary/aromatic N) is 2. The van der Waals surface area contributed by atoms with E-state index in [4.69, 9.17) is 0 Å². The quantitative estimate of drug-likeness (QED) is 0.687. The topological polar surface area (TPSA) is 39.3 Å². The molecule has 146 valence electrons. The van der Waals surface area contributed by atoms with Gasteiger partial charge in [0.2, 0.25) is 0 Å². The summed E-state index contributed by atoms with van der Waals surface area (Å²) in [5, 5.41) is 1.00. The number of aromatic nitrogens is 1. The summed E-state index contributed by atoms with van der Waals surface area (Å²) in [6.07, 6.45) is 0. The van der Waals surface area contributed by atoms with E-state index in [2.05, 4.69) is 33.8 Å². The average Bonchev–Trinajstić information content (AvgIpc) is 3.02. The fourth-order valence-electron chi connectivity index (χ4n) is 4.16. The van der Waals surface area contributed by atoms with Gasteiger partial charge in [0.25, 0.3) is 0 Å². The van der Waals surface area contributed by atoms with Gasteiger partial charge in [0.05, 0.1) is 6.04 Å². The standard InChI is InChI=1S/C23H26FN3O/c1-15-4-9-20-21(14-15)25-16(2)22(20)23(28)17(3)26-10-12-27(13-11-26)19-7-5-18(24)6-8-19/h4-9,14,17,25H,10-13H2,1-3H3/t17-/m0/s1. The number of ketones is 1. The van der Waals surface area contributed by atoms with Crippen LogP contribution < -0.4 is 4.90 Å². The molecule has 4 rings (SSSR count). The molecule has 0 aliphatic carbocycles. The first-order chi connectivity index (χ1) is 13.4. The first kappa shape index (κ1) is 18.7. The SMILES string of the molecule is Cc1ccc2c(C(=O)[C@H](C)N3CCN(c4ccc(F)cc4)CC3)c(C)[nH]c2c1. The van der Waals surface area contributed by atoms with Gasteiger partial charge in [-0.15, -0.1) is 0 Å². The summed E-state index contributed by atoms with van der Waals surface area (Å²) in [5.74, 6) is -0.0475. The van der Waals surface area contributed by atoms with Crippen LogP contribution >= 0.6 is 0 Å². The first-order valence-electron chi connectivity index (χ1n) is 9.82. The molecule has 1 atom stereocenters. The molecule has 2 aromatic carbocycles. The predicted molar refractivity (Wildman–Crippen MR) is 112 cm³/mol. The van der Waals surface area contributed by atoms with Gasteiger partial charge in [-0.1, -0.05) is 12.1 Å². The molecule has 2 heterocycles. The van der Waals surface area contributed by atoms with E-state index in [1.54, 1.807) is 0 Å². The summed E-state index contributed by atoms with van der Waals surface area (Å²) in [6, 6.07) is 12.6. The van der Waals surface area contributed by atoms with E-state index in [9.17, 15) is 9.18 Å². The highest BCUT2D eigenvalue weighted by Crippen LogP contribution is 2.26. The Kier molecular flexibility index (Phi) is 4.94. The van der Waals surface area contributed by atoms with E-state index in [1.807, 2.05) is 32.0 Å². The van der Waals surface area contributed by atoms with Gasteiger partial charge in [-0.3, -0.25) is 9.69 Å². The maximum absolute atomic E-state index is 13.3. The number of carbonyl (C=O) groups excluding carboxylic acids is 1. The molecule has 1 fully saturated rings. The Bertz CT molecular complexity index is 1000. The van der Waals surface area contributed by atoms with Gasteiger partial charge in [0.15, 0.2) is 5.78 Å². The lowest BCUT2D eigenvalue weighted by molar-refractivity contribution is 0.0831. The smallest absolute Gasteiger partial charge is 0.182 e. The van der Waals surface area contributed by atoms with Crippen LogP contribution in [0.5, 0.6) is 0 Å². The number of piperazine rings is 1. The normalized spacial score (nSPS) is 16.5. The third-order valence-electron chi connectivity index (χ3n) is 5.82. The maximum Gasteiger partial charge on any atom is 0.182 e. The van der Waals surface area contributed by atoms with Crippen LogP contribution in [0.25, 0.3) is 10.9 Å². The zero-order valence-electron chi connectivity index (χ0n) is 16.6. The lowest BCUT2D eigenvalue weighted by Gasteiger charge is -2.38. The van der Waals surface area contributed by atoms with Crippen LogP contribution in [0.2, 0.25) is 0 Å². The van der Waals surface area contributed by atoms with Crippen molar-refractivity contribution in [3.05, 3.63) is 65.1 Å². The number of aromatic amines is 1. The largest absolute Gasteiger partial charge is 0.369 e. The van der Waals surface area contributed by atoms with Gasteiger partial charge in [-0.2, -0.15) is 0 Å². The van der Waals surface area contributed by atoms with E-state index in [1.165, 1.54) is 17.7 Å². The Morgan fingerprint density at radius 1 is 1.04 bits per heavy atom. The molecule has 1 aromatic heterocycles. The molecule has 28 heavy (non-hydrogen) atoms. The maximum atomic E-state index is 13.3. The highest BCUT2D eigenvalue weighted by molar-refractivity contribution is 6.11. The molecule has 0 amide bonds. The molecule has 1 aliphatic heterocycles. The number of hydrogen-bond donors (Lipinski definition) is 1. The molecular weight excluding hydrogens is 353 g/mol. The van der Waals surface area contributed by atoms with E-state index >= 15 is 0 Å². The van der Waals surface area contributed by atoms with Crippen molar-refractivity contribution in [1.82, 2.24) is 9.88 Å². The Morgan fingerprint density at radius 2 is 1.71 bits per heavy atom. The van der Waals surface area contributed by atoms with E-state index in [0.717, 1.165) is 54.0 Å². The van der Waals surface area contributed by atoms with Gasteiger partial charge in [-0.25, -0.2) is 4.39 Å². The van der Waals surface area contributed by atoms with E-state index < -0.39 is 0 Å². The highest BCUT2D eigenvalue weighted by Gasteiger charge is 2.28. The Hall–Kier alpha value is -2.66. The number of H-pyrrole nitrogens is 1. The van der Waals surface area contributed by atoms with Crippen molar-refractivity contribution < 1.29 is 9.18 Å². The molecule has 5 heteroatoms. The van der Waals surface area contributed by atoms with Gasteiger partial charge in [0.1, 0.15) is 5.82 Å². The monoisotopic (exact) mass is 379 g/mol. The minimum Gasteiger partial charge on any atom is -0.369 e. The van der Waals surface area contributed by atoms with Crippen LogP contribution in [-0.2, 0) is 0 Å². The van der Waals surface area contributed by atoms with Crippen LogP contribution in [0, 0.1) is 19.7 Å². The second kappa shape index (κ2) is 7.40. The average molecular weight is 379 g/mol. The second-order valence-electron chi connectivity index (χ2n) is 7.71. The summed E-state index contributed by atoms with van der Waals surface area (Å²) in [5.41, 5.74) is 4.97. The Labute approximate surface area is 165 Å². The molecule has 1 saturated heterocycles. The molecular formula is C23H26FN3O. The molecule has 0 unspecified atom stereocenters. The molecule has 0 spiro atoms. The number of Topliss-reactive ketones (excluding diaryl/α,β-unsaturated/α-hetero) is 1. The van der Waals surface area contributed by atoms with Crippen molar-refractivity contribution >= 4 is 22.4 Å². The van der Waals surface area contributed by atoms with Gasteiger partial charge < -0.3 is 9.88 Å². The summed E-state index contributed by atoms with van der Waals surface area (Å²) in [6.45, 7) is 9.31. The lowest BCUT2D eigenvalue weighted by Crippen LogP contribution is -2.51. The fourth-order valence-corrected chi connectivity index (χ4v) is 4.16. The summed E-state index contributed by atoms with van der Waals surface area (Å²) in [7, 11) is 0. The van der Waals surface area contributed by atoms with Crippen molar-refractivity contribution in [2.45, 2.75) is 26.8 Å². The molecule has 1 aliphatic rings. The molecule has 4 nitrogen and oxygen atoms in total. The second-order valence-corrected chi connectivity index (χ2v) is 7.71. The predicted octanol–water partition coefficient (Wildman–Crippen LogP) is 4.32. The Balaban J connectivity index is 1.48. The van der Waals surface area contributed by atoms with Gasteiger partial charge >= 0.3 is 0 Å². The number of benzene rings is 2. The third-order valence-corrected chi connectivity index (χ3v) is 5.82. The van der Waals surface area contributed by atoms with Gasteiger partial charge in [-0.05, 0) is 56.7 Å². The minimum absolute atomic E-state index is 0.169. The zero-order chi connectivity index (χ0) is 19.8. The number of rotatable bonds is 4. The zero-order valence-corrected chi connectivity index (χ0v) is 16.6. The van der Waals surface area contributed by atoms with Crippen molar-refractivity contribution in [3.63, 3.8) is 0 Å². The van der Waals surface area contributed by atoms with E-state index in [0.29, 0.717) is 0 Å².